The molecule has 12 heteroatoms. The molecule has 2 aliphatic rings. The van der Waals surface area contributed by atoms with Crippen molar-refractivity contribution in [1.29, 1.82) is 0 Å². The maximum Gasteiger partial charge on any atom is 0.261 e. The summed E-state index contributed by atoms with van der Waals surface area (Å²) in [5.74, 6) is 1.93. The Labute approximate surface area is 200 Å². The van der Waals surface area contributed by atoms with E-state index in [1.807, 2.05) is 24.4 Å². The molecule has 0 aromatic carbocycles. The Morgan fingerprint density at radius 2 is 1.97 bits per heavy atom. The lowest BCUT2D eigenvalue weighted by Gasteiger charge is -2.37. The van der Waals surface area contributed by atoms with Gasteiger partial charge in [0.1, 0.15) is 10.6 Å². The number of hydrogen-bond donors (Lipinski definition) is 3. The number of nitrogens with zero attached hydrogens (tertiary/aromatic N) is 5. The first kappa shape index (κ1) is 21.4. The molecule has 2 bridgehead atoms. The summed E-state index contributed by atoms with van der Waals surface area (Å²) in [6.07, 6.45) is 4.64. The van der Waals surface area contributed by atoms with E-state index in [2.05, 4.69) is 25.8 Å². The van der Waals surface area contributed by atoms with Crippen molar-refractivity contribution in [3.05, 3.63) is 47.6 Å². The summed E-state index contributed by atoms with van der Waals surface area (Å²) in [6.45, 7) is 1.94. The van der Waals surface area contributed by atoms with Crippen LogP contribution in [0.3, 0.4) is 0 Å². The van der Waals surface area contributed by atoms with Crippen molar-refractivity contribution in [3.8, 4) is 0 Å². The molecule has 0 aliphatic carbocycles. The molecule has 4 aromatic rings. The predicted molar refractivity (Wildman–Crippen MR) is 131 cm³/mol. The van der Waals surface area contributed by atoms with Gasteiger partial charge < -0.3 is 10.6 Å². The third kappa shape index (κ3) is 3.81. The van der Waals surface area contributed by atoms with E-state index in [4.69, 9.17) is 9.97 Å². The summed E-state index contributed by atoms with van der Waals surface area (Å²) >= 11 is 1.55. The van der Waals surface area contributed by atoms with E-state index < -0.39 is 10.0 Å². The van der Waals surface area contributed by atoms with Crippen molar-refractivity contribution in [2.24, 2.45) is 0 Å². The molecule has 2 saturated heterocycles. The van der Waals surface area contributed by atoms with Gasteiger partial charge in [0.2, 0.25) is 5.95 Å². The number of aromatic amines is 1. The van der Waals surface area contributed by atoms with E-state index in [-0.39, 0.29) is 23.2 Å². The molecule has 3 atom stereocenters. The van der Waals surface area contributed by atoms with E-state index in [9.17, 15) is 8.42 Å². The van der Waals surface area contributed by atoms with Crippen LogP contribution in [-0.4, -0.2) is 56.0 Å². The van der Waals surface area contributed by atoms with Crippen LogP contribution in [0.1, 0.15) is 31.4 Å². The molecule has 10 nitrogen and oxygen atoms in total. The number of aromatic nitrogens is 5. The van der Waals surface area contributed by atoms with Crippen LogP contribution in [0.4, 0.5) is 17.6 Å². The number of sulfonamides is 1. The summed E-state index contributed by atoms with van der Waals surface area (Å²) in [5.41, 5.74) is 0.958. The largest absolute Gasteiger partial charge is 0.351 e. The van der Waals surface area contributed by atoms with E-state index in [1.165, 1.54) is 6.20 Å². The Morgan fingerprint density at radius 3 is 2.68 bits per heavy atom. The van der Waals surface area contributed by atoms with Crippen LogP contribution in [0.5, 0.6) is 0 Å². The summed E-state index contributed by atoms with van der Waals surface area (Å²) in [6, 6.07) is 8.89. The van der Waals surface area contributed by atoms with Gasteiger partial charge in [-0.1, -0.05) is 6.07 Å². The molecule has 4 aromatic heterocycles. The minimum absolute atomic E-state index is 0.0571. The standard InChI is InChI=1S/C22H24N8O2S2/c1-13-10-18(29-28-13)25-20-17-7-9-33-21(17)27-22(26-20)24-14-11-15-5-6-16(12-14)30(15)34(31,32)19-4-2-3-8-23-19/h2-4,7-10,14-16H,5-6,11-12H2,1H3,(H3,24,25,26,27,28,29)/t14?,15-,16+. The quantitative estimate of drug-likeness (QED) is 0.369. The lowest BCUT2D eigenvalue weighted by Crippen LogP contribution is -2.49. The highest BCUT2D eigenvalue weighted by Gasteiger charge is 2.47. The molecule has 0 radical (unpaired) electrons. The van der Waals surface area contributed by atoms with Gasteiger partial charge in [0, 0.05) is 36.1 Å². The highest BCUT2D eigenvalue weighted by molar-refractivity contribution is 7.89. The Morgan fingerprint density at radius 1 is 1.15 bits per heavy atom. The number of hydrogen-bond acceptors (Lipinski definition) is 9. The normalized spacial score (nSPS) is 22.8. The number of nitrogens with one attached hydrogen (secondary N) is 3. The fraction of sp³-hybridized carbons (Fsp3) is 0.364. The molecule has 0 saturated carbocycles. The number of rotatable bonds is 6. The van der Waals surface area contributed by atoms with E-state index >= 15 is 0 Å². The van der Waals surface area contributed by atoms with Crippen LogP contribution < -0.4 is 10.6 Å². The van der Waals surface area contributed by atoms with Gasteiger partial charge in [0.05, 0.1) is 5.39 Å². The molecule has 1 unspecified atom stereocenters. The molecule has 0 spiro atoms. The molecular formula is C22H24N8O2S2. The van der Waals surface area contributed by atoms with Crippen LogP contribution in [-0.2, 0) is 10.0 Å². The van der Waals surface area contributed by atoms with Crippen molar-refractivity contribution in [3.63, 3.8) is 0 Å². The fourth-order valence-corrected chi connectivity index (χ4v) is 7.65. The number of thiophene rings is 1. The number of H-pyrrole nitrogens is 1. The zero-order valence-electron chi connectivity index (χ0n) is 18.5. The lowest BCUT2D eigenvalue weighted by molar-refractivity contribution is 0.234. The minimum atomic E-state index is -3.61. The highest BCUT2D eigenvalue weighted by Crippen LogP contribution is 2.40. The van der Waals surface area contributed by atoms with E-state index in [1.54, 1.807) is 33.8 Å². The third-order valence-electron chi connectivity index (χ3n) is 6.46. The van der Waals surface area contributed by atoms with Crippen LogP contribution in [0.15, 0.2) is 46.9 Å². The third-order valence-corrected chi connectivity index (χ3v) is 9.18. The molecule has 6 rings (SSSR count). The second kappa shape index (κ2) is 8.29. The van der Waals surface area contributed by atoms with Crippen molar-refractivity contribution in [1.82, 2.24) is 29.5 Å². The smallest absolute Gasteiger partial charge is 0.261 e. The van der Waals surface area contributed by atoms with Gasteiger partial charge in [-0.3, -0.25) is 5.10 Å². The molecular weight excluding hydrogens is 472 g/mol. The second-order valence-corrected chi connectivity index (χ2v) is 11.5. The number of pyridine rings is 1. The lowest BCUT2D eigenvalue weighted by atomic mass is 10.00. The zero-order valence-corrected chi connectivity index (χ0v) is 20.1. The van der Waals surface area contributed by atoms with Gasteiger partial charge in [-0.05, 0) is 56.2 Å². The molecule has 176 valence electrons. The van der Waals surface area contributed by atoms with Crippen LogP contribution in [0.2, 0.25) is 0 Å². The van der Waals surface area contributed by atoms with Gasteiger partial charge in [-0.15, -0.1) is 11.3 Å². The average Bonchev–Trinajstić information content (AvgIpc) is 3.53. The van der Waals surface area contributed by atoms with Crippen molar-refractivity contribution >= 4 is 49.2 Å². The van der Waals surface area contributed by atoms with Crippen LogP contribution in [0, 0.1) is 6.92 Å². The number of fused-ring (bicyclic) bond motifs is 3. The first-order valence-corrected chi connectivity index (χ1v) is 13.5. The fourth-order valence-electron chi connectivity index (χ4n) is 5.05. The SMILES string of the molecule is Cc1cc(Nc2nc(NC3C[C@H]4CC[C@@H](C3)N4S(=O)(=O)c3ccccn3)nc3sccc23)n[nH]1. The summed E-state index contributed by atoms with van der Waals surface area (Å²) < 4.78 is 28.2. The maximum atomic E-state index is 13.3. The van der Waals surface area contributed by atoms with Crippen molar-refractivity contribution in [2.45, 2.75) is 55.8 Å². The van der Waals surface area contributed by atoms with Gasteiger partial charge in [0.15, 0.2) is 10.8 Å². The van der Waals surface area contributed by atoms with Gasteiger partial charge in [-0.2, -0.15) is 14.4 Å². The Kier molecular flexibility index (Phi) is 5.23. The second-order valence-electron chi connectivity index (χ2n) is 8.80. The predicted octanol–water partition coefficient (Wildman–Crippen LogP) is 3.66. The van der Waals surface area contributed by atoms with E-state index in [0.717, 1.165) is 28.8 Å². The number of piperidine rings is 1. The van der Waals surface area contributed by atoms with Gasteiger partial charge in [-0.25, -0.2) is 18.4 Å². The summed E-state index contributed by atoms with van der Waals surface area (Å²) in [5, 5.41) is 17.0. The number of aryl methyl sites for hydroxylation is 1. The van der Waals surface area contributed by atoms with Crippen molar-refractivity contribution < 1.29 is 8.42 Å². The Hall–Kier alpha value is -3.09. The molecule has 6 heterocycles. The maximum absolute atomic E-state index is 13.3. The molecule has 0 amide bonds. The van der Waals surface area contributed by atoms with Crippen molar-refractivity contribution in [2.75, 3.05) is 10.6 Å². The Balaban J connectivity index is 1.23. The highest BCUT2D eigenvalue weighted by atomic mass is 32.2. The summed E-state index contributed by atoms with van der Waals surface area (Å²) in [7, 11) is -3.61. The van der Waals surface area contributed by atoms with Gasteiger partial charge in [0.25, 0.3) is 10.0 Å². The van der Waals surface area contributed by atoms with Gasteiger partial charge >= 0.3 is 0 Å². The van der Waals surface area contributed by atoms with Crippen LogP contribution >= 0.6 is 11.3 Å². The monoisotopic (exact) mass is 496 g/mol. The zero-order chi connectivity index (χ0) is 23.3. The first-order valence-electron chi connectivity index (χ1n) is 11.2. The van der Waals surface area contributed by atoms with Crippen LogP contribution in [0.25, 0.3) is 10.2 Å². The Bertz CT molecular complexity index is 1420. The average molecular weight is 497 g/mol. The molecule has 2 aliphatic heterocycles. The first-order chi connectivity index (χ1) is 16.5. The summed E-state index contributed by atoms with van der Waals surface area (Å²) in [4.78, 5) is 14.4. The minimum Gasteiger partial charge on any atom is -0.351 e. The molecule has 2 fully saturated rings. The molecule has 34 heavy (non-hydrogen) atoms. The topological polar surface area (TPSA) is 129 Å². The molecule has 3 N–H and O–H groups in total. The van der Waals surface area contributed by atoms with E-state index in [0.29, 0.717) is 30.4 Å². The number of anilines is 3.